The molecular weight excluding hydrogens is 268 g/mol. The third kappa shape index (κ3) is 4.07. The van der Waals surface area contributed by atoms with Crippen LogP contribution in [0.15, 0.2) is 12.1 Å². The van der Waals surface area contributed by atoms with Crippen LogP contribution in [0, 0.1) is 0 Å². The summed E-state index contributed by atoms with van der Waals surface area (Å²) in [4.78, 5) is 3.91. The van der Waals surface area contributed by atoms with Gasteiger partial charge in [-0.05, 0) is 39.2 Å². The van der Waals surface area contributed by atoms with Gasteiger partial charge in [-0.15, -0.1) is 0 Å². The van der Waals surface area contributed by atoms with E-state index in [1.165, 1.54) is 19.2 Å². The second-order valence-corrected chi connectivity index (χ2v) is 5.69. The average molecular weight is 288 g/mol. The van der Waals surface area contributed by atoms with E-state index in [2.05, 4.69) is 4.98 Å². The monoisotopic (exact) mass is 287 g/mol. The van der Waals surface area contributed by atoms with Crippen molar-refractivity contribution in [2.45, 2.75) is 38.9 Å². The van der Waals surface area contributed by atoms with Gasteiger partial charge in [0.1, 0.15) is 5.15 Å². The van der Waals surface area contributed by atoms with E-state index >= 15 is 0 Å². The maximum Gasteiger partial charge on any atom is 0.491 e. The molecule has 0 amide bonds. The molecule has 1 aromatic rings. The van der Waals surface area contributed by atoms with Crippen LogP contribution in [0.1, 0.15) is 27.7 Å². The molecule has 0 radical (unpaired) electrons. The normalized spacial score (nSPS) is 12.4. The first kappa shape index (κ1) is 16.2. The molecule has 0 aliphatic rings. The lowest BCUT2D eigenvalue weighted by molar-refractivity contribution is -0.0982. The second-order valence-electron chi connectivity index (χ2n) is 5.31. The van der Waals surface area contributed by atoms with Crippen molar-refractivity contribution in [1.29, 1.82) is 0 Å². The summed E-state index contributed by atoms with van der Waals surface area (Å²) in [5, 5.41) is 20.3. The first-order chi connectivity index (χ1) is 8.56. The largest absolute Gasteiger partial charge is 0.491 e. The van der Waals surface area contributed by atoms with Crippen LogP contribution in [-0.4, -0.2) is 40.5 Å². The topological polar surface area (TPSA) is 71.8 Å². The van der Waals surface area contributed by atoms with Crippen LogP contribution in [0.2, 0.25) is 5.15 Å². The molecule has 0 unspecified atom stereocenters. The zero-order valence-electron chi connectivity index (χ0n) is 11.8. The Morgan fingerprint density at radius 3 is 2.32 bits per heavy atom. The third-order valence-corrected chi connectivity index (χ3v) is 3.36. The minimum atomic E-state index is -1.24. The molecule has 1 heterocycles. The number of pyridine rings is 1. The summed E-state index contributed by atoms with van der Waals surface area (Å²) in [6.45, 7) is 6.60. The molecule has 1 aromatic heterocycles. The summed E-state index contributed by atoms with van der Waals surface area (Å²) in [5.41, 5.74) is -1.65. The van der Waals surface area contributed by atoms with Gasteiger partial charge in [0.2, 0.25) is 5.88 Å². The van der Waals surface area contributed by atoms with Gasteiger partial charge < -0.3 is 19.5 Å². The fourth-order valence-electron chi connectivity index (χ4n) is 1.23. The number of aromatic nitrogens is 1. The van der Waals surface area contributed by atoms with Crippen molar-refractivity contribution in [1.82, 2.24) is 4.98 Å². The number of ether oxygens (including phenoxy) is 1. The SMILES string of the molecule is COc1cc(B(O)OC(C)(C)C(C)(C)O)cc(Cl)n1. The third-order valence-electron chi connectivity index (χ3n) is 3.17. The van der Waals surface area contributed by atoms with Gasteiger partial charge in [-0.1, -0.05) is 11.6 Å². The maximum absolute atomic E-state index is 10.1. The molecule has 0 saturated carbocycles. The Morgan fingerprint density at radius 1 is 1.26 bits per heavy atom. The van der Waals surface area contributed by atoms with E-state index in [1.54, 1.807) is 27.7 Å². The highest BCUT2D eigenvalue weighted by molar-refractivity contribution is 6.60. The number of halogens is 1. The van der Waals surface area contributed by atoms with Crippen LogP contribution >= 0.6 is 11.6 Å². The number of nitrogens with zero attached hydrogens (tertiary/aromatic N) is 1. The summed E-state index contributed by atoms with van der Waals surface area (Å²) in [5.74, 6) is 0.284. The molecule has 0 aromatic carbocycles. The van der Waals surface area contributed by atoms with Crippen molar-refractivity contribution in [3.63, 3.8) is 0 Å². The molecule has 19 heavy (non-hydrogen) atoms. The minimum Gasteiger partial charge on any atom is -0.481 e. The molecule has 0 bridgehead atoms. The van der Waals surface area contributed by atoms with Crippen molar-refractivity contribution in [2.75, 3.05) is 7.11 Å². The summed E-state index contributed by atoms with van der Waals surface area (Å²) in [7, 11) is 0.215. The summed E-state index contributed by atoms with van der Waals surface area (Å²) in [6, 6.07) is 3.01. The highest BCUT2D eigenvalue weighted by Gasteiger charge is 2.39. The first-order valence-electron chi connectivity index (χ1n) is 5.86. The van der Waals surface area contributed by atoms with Crippen LogP contribution in [-0.2, 0) is 4.65 Å². The molecule has 0 fully saturated rings. The Labute approximate surface area is 118 Å². The fraction of sp³-hybridized carbons (Fsp3) is 0.583. The van der Waals surface area contributed by atoms with Gasteiger partial charge in [-0.25, -0.2) is 4.98 Å². The van der Waals surface area contributed by atoms with E-state index in [0.717, 1.165) is 0 Å². The molecule has 0 saturated heterocycles. The number of methoxy groups -OCH3 is 1. The van der Waals surface area contributed by atoms with Crippen LogP contribution in [0.3, 0.4) is 0 Å². The molecule has 1 rings (SSSR count). The summed E-state index contributed by atoms with van der Waals surface area (Å²) in [6.07, 6.45) is 0. The van der Waals surface area contributed by atoms with Crippen molar-refractivity contribution < 1.29 is 19.5 Å². The van der Waals surface area contributed by atoms with Gasteiger partial charge in [0, 0.05) is 6.07 Å². The molecule has 7 heteroatoms. The van der Waals surface area contributed by atoms with Gasteiger partial charge in [-0.3, -0.25) is 0 Å². The van der Waals surface area contributed by atoms with E-state index in [4.69, 9.17) is 21.0 Å². The lowest BCUT2D eigenvalue weighted by atomic mass is 9.77. The van der Waals surface area contributed by atoms with Crippen molar-refractivity contribution in [2.24, 2.45) is 0 Å². The lowest BCUT2D eigenvalue weighted by Crippen LogP contribution is -2.53. The highest BCUT2D eigenvalue weighted by atomic mass is 35.5. The van der Waals surface area contributed by atoms with E-state index < -0.39 is 18.3 Å². The predicted molar refractivity (Wildman–Crippen MR) is 74.9 cm³/mol. The zero-order chi connectivity index (χ0) is 14.8. The quantitative estimate of drug-likeness (QED) is 0.624. The number of hydrogen-bond donors (Lipinski definition) is 2. The molecule has 106 valence electrons. The highest BCUT2D eigenvalue weighted by Crippen LogP contribution is 2.25. The maximum atomic E-state index is 10.1. The van der Waals surface area contributed by atoms with Crippen molar-refractivity contribution in [3.8, 4) is 5.88 Å². The van der Waals surface area contributed by atoms with Crippen molar-refractivity contribution in [3.05, 3.63) is 17.3 Å². The predicted octanol–water partition coefficient (Wildman–Crippen LogP) is 0.997. The fourth-order valence-corrected chi connectivity index (χ4v) is 1.44. The number of hydrogen-bond acceptors (Lipinski definition) is 5. The molecule has 0 aliphatic carbocycles. The average Bonchev–Trinajstić information content (AvgIpc) is 2.25. The Kier molecular flexibility index (Phi) is 4.84. The standard InChI is InChI=1S/C12H19BClNO4/c1-11(2,16)12(3,4)19-13(17)8-6-9(14)15-10(7-8)18-5/h6-7,16-17H,1-5H3. The lowest BCUT2D eigenvalue weighted by Gasteiger charge is -2.38. The van der Waals surface area contributed by atoms with Gasteiger partial charge in [0.25, 0.3) is 0 Å². The van der Waals surface area contributed by atoms with Crippen LogP contribution in [0.4, 0.5) is 0 Å². The Morgan fingerprint density at radius 2 is 1.84 bits per heavy atom. The molecule has 0 spiro atoms. The molecule has 2 N–H and O–H groups in total. The van der Waals surface area contributed by atoms with Crippen molar-refractivity contribution >= 4 is 24.2 Å². The summed E-state index contributed by atoms with van der Waals surface area (Å²) >= 11 is 5.83. The number of rotatable bonds is 5. The van der Waals surface area contributed by atoms with Gasteiger partial charge in [0.05, 0.1) is 18.3 Å². The van der Waals surface area contributed by atoms with Gasteiger partial charge >= 0.3 is 7.12 Å². The van der Waals surface area contributed by atoms with E-state index in [1.807, 2.05) is 0 Å². The van der Waals surface area contributed by atoms with Gasteiger partial charge in [-0.2, -0.15) is 0 Å². The molecule has 5 nitrogen and oxygen atoms in total. The van der Waals surface area contributed by atoms with Crippen LogP contribution in [0.25, 0.3) is 0 Å². The minimum absolute atomic E-state index is 0.193. The zero-order valence-corrected chi connectivity index (χ0v) is 12.5. The number of aliphatic hydroxyl groups is 1. The molecular formula is C12H19BClNO4. The first-order valence-corrected chi connectivity index (χ1v) is 6.24. The molecule has 0 aliphatic heterocycles. The van der Waals surface area contributed by atoms with E-state index in [-0.39, 0.29) is 11.0 Å². The smallest absolute Gasteiger partial charge is 0.481 e. The van der Waals surface area contributed by atoms with Crippen LogP contribution in [0.5, 0.6) is 5.88 Å². The Bertz CT molecular complexity index is 448. The van der Waals surface area contributed by atoms with E-state index in [9.17, 15) is 10.1 Å². The second kappa shape index (κ2) is 5.67. The van der Waals surface area contributed by atoms with Gasteiger partial charge in [0.15, 0.2) is 0 Å². The molecule has 0 atom stereocenters. The Hall–Kier alpha value is -0.815. The van der Waals surface area contributed by atoms with E-state index in [0.29, 0.717) is 5.46 Å². The van der Waals surface area contributed by atoms with Crippen LogP contribution < -0.4 is 10.2 Å². The summed E-state index contributed by atoms with van der Waals surface area (Å²) < 4.78 is 10.5. The Balaban J connectivity index is 2.95.